The van der Waals surface area contributed by atoms with Crippen molar-refractivity contribution in [3.8, 4) is 0 Å². The molecule has 2 rings (SSSR count). The molecule has 102 valence electrons. The number of halogens is 2. The Kier molecular flexibility index (Phi) is 5.59. The molecule has 2 aromatic rings. The van der Waals surface area contributed by atoms with E-state index in [0.717, 1.165) is 18.7 Å². The first-order chi connectivity index (χ1) is 9.08. The predicted molar refractivity (Wildman–Crippen MR) is 87.3 cm³/mol. The van der Waals surface area contributed by atoms with Gasteiger partial charge in [0.1, 0.15) is 6.10 Å². The van der Waals surface area contributed by atoms with Crippen molar-refractivity contribution in [2.24, 2.45) is 5.73 Å². The number of benzene rings is 1. The number of hydrogen-bond acceptors (Lipinski definition) is 3. The minimum Gasteiger partial charge on any atom is -0.366 e. The highest BCUT2D eigenvalue weighted by Crippen LogP contribution is 2.32. The van der Waals surface area contributed by atoms with Gasteiger partial charge < -0.3 is 10.5 Å². The summed E-state index contributed by atoms with van der Waals surface area (Å²) in [6, 6.07) is 12.1. The van der Waals surface area contributed by atoms with Gasteiger partial charge in [0.2, 0.25) is 0 Å². The first kappa shape index (κ1) is 15.2. The lowest BCUT2D eigenvalue weighted by Crippen LogP contribution is -2.26. The average Bonchev–Trinajstić information content (AvgIpc) is 2.78. The van der Waals surface area contributed by atoms with E-state index in [1.807, 2.05) is 37.3 Å². The molecule has 0 saturated carbocycles. The SMILES string of the molecule is CC(N)C(OCc1ccccc1Br)c1ccc(Br)s1. The lowest BCUT2D eigenvalue weighted by Gasteiger charge is -2.20. The molecule has 0 spiro atoms. The van der Waals surface area contributed by atoms with Crippen molar-refractivity contribution in [3.05, 3.63) is 55.1 Å². The van der Waals surface area contributed by atoms with Crippen LogP contribution in [0.3, 0.4) is 0 Å². The zero-order valence-corrected chi connectivity index (χ0v) is 14.5. The topological polar surface area (TPSA) is 35.2 Å². The molecule has 19 heavy (non-hydrogen) atoms. The third kappa shape index (κ3) is 4.13. The summed E-state index contributed by atoms with van der Waals surface area (Å²) in [7, 11) is 0. The molecule has 0 saturated heterocycles. The molecule has 2 N–H and O–H groups in total. The summed E-state index contributed by atoms with van der Waals surface area (Å²) in [5.74, 6) is 0. The van der Waals surface area contributed by atoms with Crippen molar-refractivity contribution < 1.29 is 4.74 Å². The van der Waals surface area contributed by atoms with Gasteiger partial charge in [-0.25, -0.2) is 0 Å². The minimum absolute atomic E-state index is 0.0481. The van der Waals surface area contributed by atoms with Crippen LogP contribution in [-0.4, -0.2) is 6.04 Å². The standard InChI is InChI=1S/C14H15Br2NOS/c1-9(17)14(12-6-7-13(16)19-12)18-8-10-4-2-3-5-11(10)15/h2-7,9,14H,8,17H2,1H3. The monoisotopic (exact) mass is 403 g/mol. The van der Waals surface area contributed by atoms with Gasteiger partial charge >= 0.3 is 0 Å². The van der Waals surface area contributed by atoms with Gasteiger partial charge in [0.25, 0.3) is 0 Å². The Bertz CT molecular complexity index is 542. The second-order valence-electron chi connectivity index (χ2n) is 4.32. The van der Waals surface area contributed by atoms with E-state index < -0.39 is 0 Å². The van der Waals surface area contributed by atoms with Crippen molar-refractivity contribution in [3.63, 3.8) is 0 Å². The van der Waals surface area contributed by atoms with Crippen molar-refractivity contribution in [1.82, 2.24) is 0 Å². The quantitative estimate of drug-likeness (QED) is 0.770. The van der Waals surface area contributed by atoms with Gasteiger partial charge in [0.05, 0.1) is 10.4 Å². The molecule has 1 aromatic heterocycles. The second kappa shape index (κ2) is 6.99. The van der Waals surface area contributed by atoms with E-state index in [-0.39, 0.29) is 12.1 Å². The van der Waals surface area contributed by atoms with Gasteiger partial charge in [0.15, 0.2) is 0 Å². The molecule has 2 nitrogen and oxygen atoms in total. The fourth-order valence-electron chi connectivity index (χ4n) is 1.77. The van der Waals surface area contributed by atoms with Crippen molar-refractivity contribution in [1.29, 1.82) is 0 Å². The third-order valence-corrected chi connectivity index (χ3v) is 5.19. The van der Waals surface area contributed by atoms with Gasteiger partial charge in [-0.15, -0.1) is 11.3 Å². The summed E-state index contributed by atoms with van der Waals surface area (Å²) in [5, 5.41) is 0. The lowest BCUT2D eigenvalue weighted by atomic mass is 10.1. The highest BCUT2D eigenvalue weighted by atomic mass is 79.9. The molecule has 0 aliphatic rings. The van der Waals surface area contributed by atoms with Crippen molar-refractivity contribution in [2.75, 3.05) is 0 Å². The predicted octanol–water partition coefficient (Wildman–Crippen LogP) is 4.88. The molecule has 0 radical (unpaired) electrons. The van der Waals surface area contributed by atoms with Gasteiger partial charge in [-0.05, 0) is 46.6 Å². The maximum Gasteiger partial charge on any atom is 0.107 e. The van der Waals surface area contributed by atoms with Crippen molar-refractivity contribution in [2.45, 2.75) is 25.7 Å². The summed E-state index contributed by atoms with van der Waals surface area (Å²) in [6.45, 7) is 2.52. The van der Waals surface area contributed by atoms with E-state index in [2.05, 4.69) is 37.9 Å². The summed E-state index contributed by atoms with van der Waals surface area (Å²) in [5.41, 5.74) is 7.16. The first-order valence-corrected chi connectivity index (χ1v) is 8.34. The summed E-state index contributed by atoms with van der Waals surface area (Å²) in [4.78, 5) is 1.15. The molecule has 2 atom stereocenters. The Labute approximate surface area is 134 Å². The molecule has 0 fully saturated rings. The number of thiophene rings is 1. The molecule has 2 unspecified atom stereocenters. The largest absolute Gasteiger partial charge is 0.366 e. The molecule has 1 heterocycles. The highest BCUT2D eigenvalue weighted by molar-refractivity contribution is 9.11. The Morgan fingerprint density at radius 3 is 2.53 bits per heavy atom. The van der Waals surface area contributed by atoms with Crippen LogP contribution in [-0.2, 0) is 11.3 Å². The fraction of sp³-hybridized carbons (Fsp3) is 0.286. The summed E-state index contributed by atoms with van der Waals surface area (Å²) >= 11 is 8.66. The number of nitrogens with two attached hydrogens (primary N) is 1. The van der Waals surface area contributed by atoms with E-state index in [4.69, 9.17) is 10.5 Å². The van der Waals surface area contributed by atoms with Gasteiger partial charge in [-0.1, -0.05) is 34.1 Å². The smallest absolute Gasteiger partial charge is 0.107 e. The zero-order valence-electron chi connectivity index (χ0n) is 10.5. The molecule has 1 aromatic carbocycles. The van der Waals surface area contributed by atoms with E-state index in [0.29, 0.717) is 6.61 Å². The normalized spacial score (nSPS) is 14.3. The Hall–Kier alpha value is -0.200. The molecule has 0 bridgehead atoms. The molecular weight excluding hydrogens is 390 g/mol. The number of ether oxygens (including phenoxy) is 1. The highest BCUT2D eigenvalue weighted by Gasteiger charge is 2.19. The van der Waals surface area contributed by atoms with Crippen LogP contribution < -0.4 is 5.73 Å². The van der Waals surface area contributed by atoms with Crippen LogP contribution in [0, 0.1) is 0 Å². The molecule has 5 heteroatoms. The maximum absolute atomic E-state index is 6.03. The van der Waals surface area contributed by atoms with Crippen LogP contribution in [0.4, 0.5) is 0 Å². The number of rotatable bonds is 5. The van der Waals surface area contributed by atoms with Gasteiger partial charge in [0, 0.05) is 15.4 Å². The van der Waals surface area contributed by atoms with Crippen LogP contribution in [0.15, 0.2) is 44.7 Å². The Morgan fingerprint density at radius 2 is 1.95 bits per heavy atom. The summed E-state index contributed by atoms with van der Waals surface area (Å²) < 4.78 is 8.16. The molecular formula is C14H15Br2NOS. The van der Waals surface area contributed by atoms with Crippen LogP contribution in [0.1, 0.15) is 23.5 Å². The fourth-order valence-corrected chi connectivity index (χ4v) is 3.76. The van der Waals surface area contributed by atoms with Crippen LogP contribution in [0.2, 0.25) is 0 Å². The van der Waals surface area contributed by atoms with Gasteiger partial charge in [-0.3, -0.25) is 0 Å². The van der Waals surface area contributed by atoms with Crippen LogP contribution >= 0.6 is 43.2 Å². The van der Waals surface area contributed by atoms with Gasteiger partial charge in [-0.2, -0.15) is 0 Å². The molecule has 0 aliphatic carbocycles. The van der Waals surface area contributed by atoms with Crippen molar-refractivity contribution >= 4 is 43.2 Å². The van der Waals surface area contributed by atoms with Crippen LogP contribution in [0.25, 0.3) is 0 Å². The van der Waals surface area contributed by atoms with E-state index >= 15 is 0 Å². The van der Waals surface area contributed by atoms with E-state index in [1.165, 1.54) is 0 Å². The molecule has 0 aliphatic heterocycles. The minimum atomic E-state index is -0.0802. The Morgan fingerprint density at radius 1 is 1.21 bits per heavy atom. The number of hydrogen-bond donors (Lipinski definition) is 1. The maximum atomic E-state index is 6.03. The second-order valence-corrected chi connectivity index (χ2v) is 7.67. The lowest BCUT2D eigenvalue weighted by molar-refractivity contribution is 0.0280. The Balaban J connectivity index is 2.08. The zero-order chi connectivity index (χ0) is 13.8. The van der Waals surface area contributed by atoms with E-state index in [9.17, 15) is 0 Å². The third-order valence-electron chi connectivity index (χ3n) is 2.73. The van der Waals surface area contributed by atoms with Crippen LogP contribution in [0.5, 0.6) is 0 Å². The summed E-state index contributed by atoms with van der Waals surface area (Å²) in [6.07, 6.45) is -0.0802. The van der Waals surface area contributed by atoms with E-state index in [1.54, 1.807) is 11.3 Å². The average molecular weight is 405 g/mol. The first-order valence-electron chi connectivity index (χ1n) is 5.93. The molecule has 0 amide bonds.